The molecule has 1 heterocycles. The van der Waals surface area contributed by atoms with E-state index >= 15 is 0 Å². The largest absolute Gasteiger partial charge is 0.522 e. The number of hydrogen-bond acceptors (Lipinski definition) is 4. The van der Waals surface area contributed by atoms with Gasteiger partial charge < -0.3 is 10.1 Å². The molecule has 1 saturated heterocycles. The number of carbonyl (C=O) groups excluding carboxylic acids is 2. The second-order valence-electron chi connectivity index (χ2n) is 6.07. The molecule has 1 aliphatic heterocycles. The molecule has 0 unspecified atom stereocenters. The van der Waals surface area contributed by atoms with E-state index in [1.54, 1.807) is 20.8 Å². The summed E-state index contributed by atoms with van der Waals surface area (Å²) in [7, 11) is 0. The third-order valence-electron chi connectivity index (χ3n) is 2.85. The Labute approximate surface area is 131 Å². The molecule has 10 heteroatoms. The van der Waals surface area contributed by atoms with Gasteiger partial charge in [-0.25, -0.2) is 9.18 Å². The van der Waals surface area contributed by atoms with Crippen molar-refractivity contribution < 1.29 is 36.6 Å². The molecule has 1 fully saturated rings. The zero-order chi connectivity index (χ0) is 17.8. The van der Waals surface area contributed by atoms with Crippen LogP contribution < -0.4 is 5.32 Å². The van der Waals surface area contributed by atoms with Crippen molar-refractivity contribution in [1.29, 1.82) is 0 Å². The summed E-state index contributed by atoms with van der Waals surface area (Å²) in [6.07, 6.45) is -7.26. The first-order chi connectivity index (χ1) is 10.4. The van der Waals surface area contributed by atoms with Crippen LogP contribution in [0.2, 0.25) is 0 Å². The van der Waals surface area contributed by atoms with Gasteiger partial charge in [-0.2, -0.15) is 0 Å². The minimum atomic E-state index is -4.79. The minimum absolute atomic E-state index is 0.231. The average molecular weight is 344 g/mol. The number of nitrogens with one attached hydrogen (secondary N) is 1. The lowest BCUT2D eigenvalue weighted by atomic mass is 10.2. The summed E-state index contributed by atoms with van der Waals surface area (Å²) in [6, 6.07) is -1.12. The highest BCUT2D eigenvalue weighted by molar-refractivity contribution is 5.86. The van der Waals surface area contributed by atoms with Gasteiger partial charge in [0, 0.05) is 13.0 Å². The van der Waals surface area contributed by atoms with Gasteiger partial charge in [-0.3, -0.25) is 14.4 Å². The van der Waals surface area contributed by atoms with E-state index < -0.39 is 49.3 Å². The zero-order valence-electron chi connectivity index (χ0n) is 13.1. The average Bonchev–Trinajstić information content (AvgIpc) is 2.73. The molecule has 23 heavy (non-hydrogen) atoms. The molecular weight excluding hydrogens is 324 g/mol. The van der Waals surface area contributed by atoms with E-state index in [1.165, 1.54) is 0 Å². The second-order valence-corrected chi connectivity index (χ2v) is 6.07. The molecule has 0 bridgehead atoms. The molecule has 0 radical (unpaired) electrons. The summed E-state index contributed by atoms with van der Waals surface area (Å²) >= 11 is 0. The summed E-state index contributed by atoms with van der Waals surface area (Å²) in [5, 5.41) is 2.19. The predicted molar refractivity (Wildman–Crippen MR) is 71.3 cm³/mol. The third-order valence-corrected chi connectivity index (χ3v) is 2.85. The molecule has 0 aromatic rings. The van der Waals surface area contributed by atoms with Crippen molar-refractivity contribution in [2.75, 3.05) is 19.7 Å². The first-order valence-electron chi connectivity index (χ1n) is 7.01. The van der Waals surface area contributed by atoms with E-state index in [0.717, 1.165) is 4.90 Å². The van der Waals surface area contributed by atoms with Gasteiger partial charge in [0.2, 0.25) is 5.91 Å². The lowest BCUT2D eigenvalue weighted by Gasteiger charge is -2.27. The van der Waals surface area contributed by atoms with Crippen LogP contribution >= 0.6 is 0 Å². The summed E-state index contributed by atoms with van der Waals surface area (Å²) in [6.45, 7) is 3.39. The van der Waals surface area contributed by atoms with Gasteiger partial charge in [0.05, 0.1) is 13.2 Å². The van der Waals surface area contributed by atoms with Crippen LogP contribution in [-0.2, 0) is 14.3 Å². The Kier molecular flexibility index (Phi) is 6.20. The lowest BCUT2D eigenvalue weighted by Crippen LogP contribution is -2.48. The predicted octanol–water partition coefficient (Wildman–Crippen LogP) is 1.99. The Bertz CT molecular complexity index is 437. The number of hydrogen-bond donors (Lipinski definition) is 1. The van der Waals surface area contributed by atoms with E-state index in [9.17, 15) is 27.2 Å². The number of rotatable bonds is 4. The zero-order valence-corrected chi connectivity index (χ0v) is 13.1. The number of amides is 2. The smallest absolute Gasteiger partial charge is 0.444 e. The Morgan fingerprint density at radius 1 is 1.26 bits per heavy atom. The van der Waals surface area contributed by atoms with Crippen LogP contribution in [-0.4, -0.2) is 60.8 Å². The lowest BCUT2D eigenvalue weighted by molar-refractivity contribution is -0.323. The molecule has 2 amide bonds. The van der Waals surface area contributed by atoms with Crippen LogP contribution in [0.4, 0.5) is 22.4 Å². The number of alkyl halides is 4. The van der Waals surface area contributed by atoms with Gasteiger partial charge in [-0.1, -0.05) is 0 Å². The standard InChI is InChI=1S/C13H20F4N2O4/c1-12(2,3)23-11(21)19-7-8(14)6-9(19)10(20)18-4-5-22-13(15,16)17/h8-9H,4-7H2,1-3H3,(H,18,20)/t8-,9+/m1/s1. The van der Waals surface area contributed by atoms with Crippen molar-refractivity contribution >= 4 is 12.0 Å². The minimum Gasteiger partial charge on any atom is -0.444 e. The molecule has 1 rings (SSSR count). The quantitative estimate of drug-likeness (QED) is 0.626. The maximum atomic E-state index is 13.5. The van der Waals surface area contributed by atoms with Crippen molar-refractivity contribution in [2.45, 2.75) is 51.4 Å². The van der Waals surface area contributed by atoms with Gasteiger partial charge in [-0.05, 0) is 20.8 Å². The first kappa shape index (κ1) is 19.5. The van der Waals surface area contributed by atoms with E-state index in [1.807, 2.05) is 0 Å². The molecule has 6 nitrogen and oxygen atoms in total. The highest BCUT2D eigenvalue weighted by Crippen LogP contribution is 2.23. The van der Waals surface area contributed by atoms with Gasteiger partial charge >= 0.3 is 12.5 Å². The van der Waals surface area contributed by atoms with E-state index in [0.29, 0.717) is 0 Å². The summed E-state index contributed by atoms with van der Waals surface area (Å²) < 4.78 is 57.5. The van der Waals surface area contributed by atoms with Crippen molar-refractivity contribution in [2.24, 2.45) is 0 Å². The fourth-order valence-corrected chi connectivity index (χ4v) is 2.01. The Morgan fingerprint density at radius 3 is 2.39 bits per heavy atom. The molecular formula is C13H20F4N2O4. The van der Waals surface area contributed by atoms with Gasteiger partial charge in [0.15, 0.2) is 0 Å². The Hall–Kier alpha value is -1.58. The topological polar surface area (TPSA) is 67.9 Å². The van der Waals surface area contributed by atoms with Crippen LogP contribution in [0.3, 0.4) is 0 Å². The summed E-state index contributed by atoms with van der Waals surface area (Å²) in [5.41, 5.74) is -0.812. The molecule has 0 saturated carbocycles. The maximum Gasteiger partial charge on any atom is 0.522 e. The summed E-state index contributed by atoms with van der Waals surface area (Å²) in [4.78, 5) is 24.8. The van der Waals surface area contributed by atoms with Crippen molar-refractivity contribution in [1.82, 2.24) is 10.2 Å². The van der Waals surface area contributed by atoms with Crippen LogP contribution in [0.5, 0.6) is 0 Å². The van der Waals surface area contributed by atoms with Crippen LogP contribution in [0.25, 0.3) is 0 Å². The molecule has 0 aromatic heterocycles. The molecule has 0 aromatic carbocycles. The molecule has 1 N–H and O–H groups in total. The van der Waals surface area contributed by atoms with Crippen LogP contribution in [0.15, 0.2) is 0 Å². The fraction of sp³-hybridized carbons (Fsp3) is 0.846. The fourth-order valence-electron chi connectivity index (χ4n) is 2.01. The Morgan fingerprint density at radius 2 is 1.87 bits per heavy atom. The maximum absolute atomic E-state index is 13.5. The molecule has 134 valence electrons. The third kappa shape index (κ3) is 7.02. The van der Waals surface area contributed by atoms with Gasteiger partial charge in [-0.15, -0.1) is 13.2 Å². The monoisotopic (exact) mass is 344 g/mol. The van der Waals surface area contributed by atoms with Gasteiger partial charge in [0.1, 0.15) is 17.8 Å². The number of carbonyl (C=O) groups is 2. The summed E-state index contributed by atoms with van der Waals surface area (Å²) in [5.74, 6) is -0.748. The van der Waals surface area contributed by atoms with Crippen molar-refractivity contribution in [3.05, 3.63) is 0 Å². The number of ether oxygens (including phenoxy) is 2. The first-order valence-corrected chi connectivity index (χ1v) is 7.01. The molecule has 1 aliphatic rings. The van der Waals surface area contributed by atoms with E-state index in [-0.39, 0.29) is 13.0 Å². The van der Waals surface area contributed by atoms with Crippen molar-refractivity contribution in [3.63, 3.8) is 0 Å². The highest BCUT2D eigenvalue weighted by Gasteiger charge is 2.41. The van der Waals surface area contributed by atoms with Crippen molar-refractivity contribution in [3.8, 4) is 0 Å². The van der Waals surface area contributed by atoms with E-state index in [2.05, 4.69) is 10.1 Å². The highest BCUT2D eigenvalue weighted by atomic mass is 19.4. The molecule has 2 atom stereocenters. The number of likely N-dealkylation sites (tertiary alicyclic amines) is 1. The number of halogens is 4. The van der Waals surface area contributed by atoms with Gasteiger partial charge in [0.25, 0.3) is 0 Å². The molecule has 0 spiro atoms. The van der Waals surface area contributed by atoms with Crippen LogP contribution in [0, 0.1) is 0 Å². The second kappa shape index (κ2) is 7.33. The SMILES string of the molecule is CC(C)(C)OC(=O)N1C[C@H](F)C[C@H]1C(=O)NCCOC(F)(F)F. The normalized spacial score (nSPS) is 22.1. The van der Waals surface area contributed by atoms with E-state index in [4.69, 9.17) is 4.74 Å². The van der Waals surface area contributed by atoms with Crippen LogP contribution in [0.1, 0.15) is 27.2 Å². The molecule has 0 aliphatic carbocycles. The number of nitrogens with zero attached hydrogens (tertiary/aromatic N) is 1. The Balaban J connectivity index is 2.54.